The molecule has 0 amide bonds. The summed E-state index contributed by atoms with van der Waals surface area (Å²) in [4.78, 5) is 59.9. The Morgan fingerprint density at radius 2 is 0.740 bits per heavy atom. The highest BCUT2D eigenvalue weighted by Gasteiger charge is 2.23. The van der Waals surface area contributed by atoms with Crippen molar-refractivity contribution in [2.75, 3.05) is 19.8 Å². The SMILES string of the molecule is C=C(C)C(=O)O/C=C\Oc1cc(-c2ccc(-c3ccc(CCCCC)cc3)cc2F)c(OC(=O)C(=C)C)cc1CCO.C=C(C)C(O)Oc1cc(-c2ccc(-c3ccc(CCCCC)cc3)cc2O/C=C/OC(=O)C(C)C)ccc1CCO.C=CC(=O)Oc1cc(-c2ccc(CCCCC)cc2)ccc1-c1ccc(CCO)c(O/C=C/OC(=O)C(C)C)c1. The Morgan fingerprint density at radius 3 is 1.16 bits per heavy atom. The minimum Gasteiger partial charge on any atom is -0.461 e. The van der Waals surface area contributed by atoms with E-state index in [1.807, 2.05) is 78.9 Å². The first-order valence-electron chi connectivity index (χ1n) is 41.8. The van der Waals surface area contributed by atoms with Gasteiger partial charge in [-0.15, -0.1) is 0 Å². The molecule has 0 fully saturated rings. The van der Waals surface area contributed by atoms with Crippen LogP contribution in [0.3, 0.4) is 0 Å². The number of ether oxygens (including phenoxy) is 9. The molecule has 19 heteroatoms. The van der Waals surface area contributed by atoms with Gasteiger partial charge in [-0.1, -0.05) is 247 Å². The number of benzene rings is 9. The lowest BCUT2D eigenvalue weighted by Crippen LogP contribution is -2.17. The van der Waals surface area contributed by atoms with Gasteiger partial charge in [-0.2, -0.15) is 0 Å². The van der Waals surface area contributed by atoms with Crippen LogP contribution in [-0.4, -0.2) is 76.4 Å². The first-order chi connectivity index (χ1) is 59.2. The van der Waals surface area contributed by atoms with Crippen LogP contribution < -0.4 is 28.4 Å². The molecular weight excluding hydrogens is 1560 g/mol. The minimum atomic E-state index is -1.18. The van der Waals surface area contributed by atoms with Crippen LogP contribution in [0.4, 0.5) is 4.39 Å². The zero-order valence-corrected chi connectivity index (χ0v) is 72.5. The number of carbonyl (C=O) groups excluding carboxylic acids is 5. The van der Waals surface area contributed by atoms with E-state index in [0.717, 1.165) is 106 Å². The molecule has 9 aromatic rings. The van der Waals surface area contributed by atoms with Gasteiger partial charge >= 0.3 is 29.8 Å². The third kappa shape index (κ3) is 31.2. The highest BCUT2D eigenvalue weighted by Crippen LogP contribution is 2.43. The molecule has 0 bridgehead atoms. The Balaban J connectivity index is 0.000000254. The summed E-state index contributed by atoms with van der Waals surface area (Å²) in [6.07, 6.45) is 21.9. The quantitative estimate of drug-likeness (QED) is 0.00405. The number of esters is 5. The van der Waals surface area contributed by atoms with Crippen LogP contribution >= 0.6 is 0 Å². The van der Waals surface area contributed by atoms with Crippen LogP contribution in [-0.2, 0) is 76.7 Å². The molecule has 0 aliphatic heterocycles. The molecule has 1 unspecified atom stereocenters. The van der Waals surface area contributed by atoms with Crippen molar-refractivity contribution in [1.29, 1.82) is 0 Å². The van der Waals surface area contributed by atoms with Crippen LogP contribution in [0, 0.1) is 17.7 Å². The Kier molecular flexibility index (Phi) is 40.7. The van der Waals surface area contributed by atoms with E-state index in [9.17, 15) is 44.4 Å². The average molecular weight is 1670 g/mol. The highest BCUT2D eigenvalue weighted by atomic mass is 19.1. The maximum absolute atomic E-state index is 15.7. The van der Waals surface area contributed by atoms with Crippen molar-refractivity contribution in [3.05, 3.63) is 302 Å². The van der Waals surface area contributed by atoms with E-state index in [2.05, 4.69) is 108 Å². The molecule has 0 saturated carbocycles. The standard InChI is InChI=1S/C35H37FO6.C35H42O6.C34H38O6/c1-6-7-8-9-25-10-12-26(13-11-25)27-14-15-29(31(36)20-27)30-22-32(40-18-19-41-34(38)23(2)3)28(16-17-37)21-33(30)42-35(39)24(4)5;1-6-7-8-9-26-10-12-27(13-11-26)29-16-17-31(33(22-29)39-20-21-40-34(37)24(2)3)30-15-14-28(18-19-36)32(23-30)41-35(38)25(4)5;1-5-7-8-9-25-10-12-26(13-11-25)28-16-17-30(32(22-28)40-33(36)6-2)29-15-14-27(18-19-35)31(23-29)38-20-21-39-34(37)24(3)4/h10-15,18-22,37H,2,4,6-9,16-17H2,1,3,5H3;10-17,20-24,35-36,38H,4,6-9,18-19H2,1-3,5H3;6,10-17,20-24,35H,2,5,7-9,18-19H2,1,3-4H3/b19-18-;2*21-20+. The fourth-order valence-corrected chi connectivity index (χ4v) is 12.5. The molecule has 0 radical (unpaired) electrons. The van der Waals surface area contributed by atoms with E-state index in [4.69, 9.17) is 42.6 Å². The van der Waals surface area contributed by atoms with E-state index in [0.29, 0.717) is 58.1 Å². The van der Waals surface area contributed by atoms with Crippen LogP contribution in [0.15, 0.2) is 263 Å². The molecule has 0 spiro atoms. The molecule has 0 saturated heterocycles. The lowest BCUT2D eigenvalue weighted by atomic mass is 9.96. The van der Waals surface area contributed by atoms with E-state index >= 15 is 4.39 Å². The fourth-order valence-electron chi connectivity index (χ4n) is 12.5. The molecule has 4 N–H and O–H groups in total. The predicted molar refractivity (Wildman–Crippen MR) is 484 cm³/mol. The van der Waals surface area contributed by atoms with Crippen molar-refractivity contribution < 1.29 is 91.4 Å². The second kappa shape index (κ2) is 51.3. The molecule has 0 aliphatic carbocycles. The molecule has 9 aromatic carbocycles. The summed E-state index contributed by atoms with van der Waals surface area (Å²) in [6.45, 7) is 32.4. The van der Waals surface area contributed by atoms with Crippen molar-refractivity contribution in [2.45, 2.75) is 172 Å². The lowest BCUT2D eigenvalue weighted by molar-refractivity contribution is -0.142. The summed E-state index contributed by atoms with van der Waals surface area (Å²) in [5, 5.41) is 38.9. The average Bonchev–Trinajstić information content (AvgIpc) is 0.790. The first-order valence-corrected chi connectivity index (χ1v) is 41.8. The predicted octanol–water partition coefficient (Wildman–Crippen LogP) is 22.9. The molecule has 9 rings (SSSR count). The summed E-state index contributed by atoms with van der Waals surface area (Å²) in [7, 11) is 0. The number of hydrogen-bond acceptors (Lipinski definition) is 18. The van der Waals surface area contributed by atoms with Crippen molar-refractivity contribution >= 4 is 29.8 Å². The Labute approximate surface area is 723 Å². The number of aliphatic hydroxyl groups excluding tert-OH is 4. The summed E-state index contributed by atoms with van der Waals surface area (Å²) in [5.41, 5.74) is 15.7. The fraction of sp³-hybridized carbons (Fsp3) is 0.298. The third-order valence-electron chi connectivity index (χ3n) is 19.5. The number of rotatable bonds is 43. The second-order valence-corrected chi connectivity index (χ2v) is 30.3. The minimum absolute atomic E-state index is 0.0563. The van der Waals surface area contributed by atoms with E-state index in [1.54, 1.807) is 52.8 Å². The van der Waals surface area contributed by atoms with Crippen molar-refractivity contribution in [2.24, 2.45) is 11.8 Å². The second-order valence-electron chi connectivity index (χ2n) is 30.3. The van der Waals surface area contributed by atoms with Crippen molar-refractivity contribution in [1.82, 2.24) is 0 Å². The molecule has 0 aliphatic rings. The molecule has 18 nitrogen and oxygen atoms in total. The number of halogens is 1. The van der Waals surface area contributed by atoms with Gasteiger partial charge in [0.1, 0.15) is 77.9 Å². The largest absolute Gasteiger partial charge is 0.461 e. The molecule has 648 valence electrons. The first kappa shape index (κ1) is 97.6. The van der Waals surface area contributed by atoms with Gasteiger partial charge in [-0.05, 0) is 199 Å². The number of hydrogen-bond donors (Lipinski definition) is 4. The summed E-state index contributed by atoms with van der Waals surface area (Å²) in [6, 6.07) is 55.8. The monoisotopic (exact) mass is 1670 g/mol. The van der Waals surface area contributed by atoms with Crippen LogP contribution in [0.2, 0.25) is 0 Å². The number of unbranched alkanes of at least 4 members (excludes halogenated alkanes) is 6. The Morgan fingerprint density at radius 1 is 0.374 bits per heavy atom. The topological polar surface area (TPSA) is 249 Å². The van der Waals surface area contributed by atoms with Gasteiger partial charge in [-0.3, -0.25) is 9.59 Å². The summed E-state index contributed by atoms with van der Waals surface area (Å²) >= 11 is 0. The summed E-state index contributed by atoms with van der Waals surface area (Å²) in [5.74, 6) is -1.44. The van der Waals surface area contributed by atoms with Crippen LogP contribution in [0.1, 0.15) is 160 Å². The molecular formula is C104H117FO18. The van der Waals surface area contributed by atoms with Gasteiger partial charge in [-0.25, -0.2) is 18.8 Å². The third-order valence-corrected chi connectivity index (χ3v) is 19.5. The molecule has 123 heavy (non-hydrogen) atoms. The van der Waals surface area contributed by atoms with Crippen molar-refractivity contribution in [3.8, 4) is 101 Å². The van der Waals surface area contributed by atoms with Gasteiger partial charge in [0.15, 0.2) is 0 Å². The van der Waals surface area contributed by atoms with Gasteiger partial charge < -0.3 is 63.1 Å². The van der Waals surface area contributed by atoms with Crippen LogP contribution in [0.5, 0.6) is 34.5 Å². The lowest BCUT2D eigenvalue weighted by Gasteiger charge is -2.18. The zero-order chi connectivity index (χ0) is 89.3. The Hall–Kier alpha value is -12.5. The van der Waals surface area contributed by atoms with Gasteiger partial charge in [0.05, 0.1) is 11.8 Å². The molecule has 0 aromatic heterocycles. The normalized spacial score (nSPS) is 11.3. The maximum atomic E-state index is 15.7. The van der Waals surface area contributed by atoms with E-state index in [1.165, 1.54) is 119 Å². The van der Waals surface area contributed by atoms with Gasteiger partial charge in [0, 0.05) is 64.9 Å². The van der Waals surface area contributed by atoms with Crippen LogP contribution in [0.25, 0.3) is 66.8 Å². The highest BCUT2D eigenvalue weighted by molar-refractivity contribution is 5.91. The number of aliphatic hydroxyl groups is 4. The number of aryl methyl sites for hydroxylation is 3. The smallest absolute Gasteiger partial charge is 0.338 e. The molecule has 0 heterocycles. The van der Waals surface area contributed by atoms with E-state index < -0.39 is 30.0 Å². The molecule has 1 atom stereocenters. The van der Waals surface area contributed by atoms with Crippen molar-refractivity contribution in [3.63, 3.8) is 0 Å². The van der Waals surface area contributed by atoms with Gasteiger partial charge in [0.2, 0.25) is 6.29 Å². The number of carbonyl (C=O) groups is 5. The Bertz CT molecular complexity index is 5120. The zero-order valence-electron chi connectivity index (χ0n) is 72.5. The van der Waals surface area contributed by atoms with Gasteiger partial charge in [0.25, 0.3) is 0 Å². The summed E-state index contributed by atoms with van der Waals surface area (Å²) < 4.78 is 65.3. The van der Waals surface area contributed by atoms with E-state index in [-0.39, 0.29) is 83.8 Å². The maximum Gasteiger partial charge on any atom is 0.338 e.